The molecule has 0 unspecified atom stereocenters. The Bertz CT molecular complexity index is 672. The van der Waals surface area contributed by atoms with Crippen LogP contribution in [0.25, 0.3) is 5.65 Å². The van der Waals surface area contributed by atoms with Crippen molar-refractivity contribution in [1.82, 2.24) is 14.6 Å². The Kier molecular flexibility index (Phi) is 4.33. The fraction of sp³-hybridized carbons (Fsp3) is 0.364. The molecule has 10 heteroatoms. The molecule has 0 bridgehead atoms. The minimum atomic E-state index is -4.44. The molecule has 0 spiro atoms. The Labute approximate surface area is 121 Å². The number of ether oxygens (including phenoxy) is 2. The molecule has 2 heterocycles. The molecule has 21 heavy (non-hydrogen) atoms. The van der Waals surface area contributed by atoms with Crippen LogP contribution < -0.4 is 0 Å². The molecule has 0 aliphatic rings. The number of methoxy groups -OCH3 is 1. The van der Waals surface area contributed by atoms with Crippen LogP contribution in [0, 0.1) is 0 Å². The van der Waals surface area contributed by atoms with E-state index in [-0.39, 0.29) is 22.1 Å². The molecule has 0 aliphatic carbocycles. The molecule has 0 atom stereocenters. The highest BCUT2D eigenvalue weighted by molar-refractivity contribution is 6.33. The maximum absolute atomic E-state index is 12.0. The van der Waals surface area contributed by atoms with Crippen molar-refractivity contribution in [3.63, 3.8) is 0 Å². The first kappa shape index (κ1) is 15.5. The van der Waals surface area contributed by atoms with Gasteiger partial charge in [-0.05, 0) is 6.07 Å². The molecule has 2 aromatic rings. The smallest absolute Gasteiger partial charge is 0.411 e. The van der Waals surface area contributed by atoms with Gasteiger partial charge < -0.3 is 9.47 Å². The number of aromatic nitrogens is 3. The van der Waals surface area contributed by atoms with Gasteiger partial charge in [-0.2, -0.15) is 13.2 Å². The standard InChI is InChI=1S/C11H9ClF3N3O3/c1-20-10(19)6-2-7(12)9-17-16-8(18(9)3-6)4-21-5-11(13,14)15/h2-3H,4-5H2,1H3. The molecular formula is C11H9ClF3N3O3. The van der Waals surface area contributed by atoms with Gasteiger partial charge in [-0.15, -0.1) is 10.2 Å². The van der Waals surface area contributed by atoms with Crippen LogP contribution in [0.4, 0.5) is 13.2 Å². The van der Waals surface area contributed by atoms with Crippen LogP contribution >= 0.6 is 11.6 Å². The third-order valence-corrected chi connectivity index (χ3v) is 2.73. The summed E-state index contributed by atoms with van der Waals surface area (Å²) in [5, 5.41) is 7.53. The number of carbonyl (C=O) groups is 1. The summed E-state index contributed by atoms with van der Waals surface area (Å²) in [6.45, 7) is -1.84. The molecule has 0 aromatic carbocycles. The van der Waals surface area contributed by atoms with Crippen LogP contribution in [0.1, 0.15) is 16.2 Å². The van der Waals surface area contributed by atoms with Crippen LogP contribution in [0.3, 0.4) is 0 Å². The van der Waals surface area contributed by atoms with E-state index in [0.717, 1.165) is 0 Å². The first-order chi connectivity index (χ1) is 9.81. The van der Waals surface area contributed by atoms with Crippen LogP contribution in [-0.2, 0) is 16.1 Å². The second-order valence-corrected chi connectivity index (χ2v) is 4.39. The Balaban J connectivity index is 2.29. The summed E-state index contributed by atoms with van der Waals surface area (Å²) in [6.07, 6.45) is -3.12. The maximum Gasteiger partial charge on any atom is 0.411 e. The summed E-state index contributed by atoms with van der Waals surface area (Å²) in [5.41, 5.74) is 0.321. The number of hydrogen-bond donors (Lipinski definition) is 0. The molecular weight excluding hydrogens is 315 g/mol. The van der Waals surface area contributed by atoms with Crippen molar-refractivity contribution in [2.75, 3.05) is 13.7 Å². The zero-order valence-corrected chi connectivity index (χ0v) is 11.4. The SMILES string of the molecule is COC(=O)c1cc(Cl)c2nnc(COCC(F)(F)F)n2c1. The highest BCUT2D eigenvalue weighted by Gasteiger charge is 2.27. The molecule has 0 saturated heterocycles. The molecule has 0 amide bonds. The predicted molar refractivity (Wildman–Crippen MR) is 65.0 cm³/mol. The number of rotatable bonds is 4. The van der Waals surface area contributed by atoms with Gasteiger partial charge in [0, 0.05) is 6.20 Å². The van der Waals surface area contributed by atoms with E-state index in [9.17, 15) is 18.0 Å². The summed E-state index contributed by atoms with van der Waals surface area (Å²) < 4.78 is 46.4. The van der Waals surface area contributed by atoms with E-state index in [0.29, 0.717) is 0 Å². The van der Waals surface area contributed by atoms with E-state index in [4.69, 9.17) is 11.6 Å². The first-order valence-electron chi connectivity index (χ1n) is 5.58. The number of halogens is 4. The van der Waals surface area contributed by atoms with Gasteiger partial charge in [0.1, 0.15) is 13.2 Å². The van der Waals surface area contributed by atoms with Gasteiger partial charge in [-0.1, -0.05) is 11.6 Å². The van der Waals surface area contributed by atoms with Gasteiger partial charge >= 0.3 is 12.1 Å². The lowest BCUT2D eigenvalue weighted by molar-refractivity contribution is -0.177. The third-order valence-electron chi connectivity index (χ3n) is 2.45. The Morgan fingerprint density at radius 3 is 2.76 bits per heavy atom. The molecule has 2 aromatic heterocycles. The molecule has 0 aliphatic heterocycles. The van der Waals surface area contributed by atoms with Crippen molar-refractivity contribution in [3.8, 4) is 0 Å². The van der Waals surface area contributed by atoms with Crippen molar-refractivity contribution < 1.29 is 27.4 Å². The maximum atomic E-state index is 12.0. The average molecular weight is 324 g/mol. The number of alkyl halides is 3. The molecule has 0 saturated carbocycles. The summed E-state index contributed by atoms with van der Waals surface area (Å²) in [6, 6.07) is 1.33. The van der Waals surface area contributed by atoms with Crippen LogP contribution in [0.5, 0.6) is 0 Å². The van der Waals surface area contributed by atoms with E-state index >= 15 is 0 Å². The number of carbonyl (C=O) groups excluding carboxylic acids is 1. The van der Waals surface area contributed by atoms with Gasteiger partial charge in [0.15, 0.2) is 11.5 Å². The minimum absolute atomic E-state index is 0.0851. The lowest BCUT2D eigenvalue weighted by atomic mass is 10.3. The number of hydrogen-bond acceptors (Lipinski definition) is 5. The first-order valence-corrected chi connectivity index (χ1v) is 5.95. The quantitative estimate of drug-likeness (QED) is 0.807. The molecule has 6 nitrogen and oxygen atoms in total. The van der Waals surface area contributed by atoms with E-state index in [2.05, 4.69) is 19.7 Å². The zero-order valence-electron chi connectivity index (χ0n) is 10.6. The summed E-state index contributed by atoms with van der Waals surface area (Å²) in [5.74, 6) is -0.559. The van der Waals surface area contributed by atoms with Crippen molar-refractivity contribution in [1.29, 1.82) is 0 Å². The normalized spacial score (nSPS) is 11.9. The minimum Gasteiger partial charge on any atom is -0.465 e. The van der Waals surface area contributed by atoms with Crippen molar-refractivity contribution in [2.45, 2.75) is 12.8 Å². The van der Waals surface area contributed by atoms with Crippen molar-refractivity contribution in [2.24, 2.45) is 0 Å². The van der Waals surface area contributed by atoms with Crippen LogP contribution in [0.15, 0.2) is 12.3 Å². The monoisotopic (exact) mass is 323 g/mol. The number of nitrogens with zero attached hydrogens (tertiary/aromatic N) is 3. The Morgan fingerprint density at radius 1 is 1.43 bits per heavy atom. The second-order valence-electron chi connectivity index (χ2n) is 3.99. The van der Waals surface area contributed by atoms with Crippen LogP contribution in [-0.4, -0.2) is 40.5 Å². The number of esters is 1. The third kappa shape index (κ3) is 3.61. The lowest BCUT2D eigenvalue weighted by Crippen LogP contribution is -2.17. The Morgan fingerprint density at radius 2 is 2.14 bits per heavy atom. The fourth-order valence-corrected chi connectivity index (χ4v) is 1.83. The van der Waals surface area contributed by atoms with Gasteiger partial charge in [0.05, 0.1) is 17.7 Å². The second kappa shape index (κ2) is 5.86. The average Bonchev–Trinajstić information content (AvgIpc) is 2.80. The van der Waals surface area contributed by atoms with Crippen molar-refractivity contribution >= 4 is 23.2 Å². The highest BCUT2D eigenvalue weighted by atomic mass is 35.5. The van der Waals surface area contributed by atoms with Crippen LogP contribution in [0.2, 0.25) is 5.02 Å². The number of fused-ring (bicyclic) bond motifs is 1. The van der Waals surface area contributed by atoms with Gasteiger partial charge in [0.2, 0.25) is 0 Å². The topological polar surface area (TPSA) is 65.7 Å². The van der Waals surface area contributed by atoms with Gasteiger partial charge in [0.25, 0.3) is 0 Å². The van der Waals surface area contributed by atoms with E-state index in [1.165, 1.54) is 23.8 Å². The van der Waals surface area contributed by atoms with E-state index in [1.54, 1.807) is 0 Å². The predicted octanol–water partition coefficient (Wildman–Crippen LogP) is 2.25. The zero-order chi connectivity index (χ0) is 15.6. The molecule has 0 fully saturated rings. The number of pyridine rings is 1. The van der Waals surface area contributed by atoms with E-state index in [1.807, 2.05) is 0 Å². The Hall–Kier alpha value is -1.87. The summed E-state index contributed by atoms with van der Waals surface area (Å²) >= 11 is 5.93. The van der Waals surface area contributed by atoms with Gasteiger partial charge in [-0.25, -0.2) is 4.79 Å². The molecule has 0 radical (unpaired) electrons. The lowest BCUT2D eigenvalue weighted by Gasteiger charge is -2.07. The highest BCUT2D eigenvalue weighted by Crippen LogP contribution is 2.20. The fourth-order valence-electron chi connectivity index (χ4n) is 1.59. The summed E-state index contributed by atoms with van der Waals surface area (Å²) in [7, 11) is 1.19. The van der Waals surface area contributed by atoms with E-state index < -0.39 is 25.4 Å². The molecule has 114 valence electrons. The summed E-state index contributed by atoms with van der Waals surface area (Å²) in [4.78, 5) is 11.5. The van der Waals surface area contributed by atoms with Gasteiger partial charge in [-0.3, -0.25) is 4.40 Å². The molecule has 0 N–H and O–H groups in total. The largest absolute Gasteiger partial charge is 0.465 e. The molecule has 2 rings (SSSR count). The van der Waals surface area contributed by atoms with Crippen molar-refractivity contribution in [3.05, 3.63) is 28.7 Å².